The molecule has 0 spiro atoms. The summed E-state index contributed by atoms with van der Waals surface area (Å²) in [5.41, 5.74) is 22.0. The fourth-order valence-electron chi connectivity index (χ4n) is 6.75. The molecule has 2 nitrogen and oxygen atoms in total. The maximum Gasteiger partial charge on any atom is 0.0314 e. The minimum absolute atomic E-state index is 0.0983. The fourth-order valence-corrected chi connectivity index (χ4v) is 6.75. The lowest BCUT2D eigenvalue weighted by Gasteiger charge is -2.39. The molecule has 2 heteroatoms. The lowest BCUT2D eigenvalue weighted by atomic mass is 9.65. The van der Waals surface area contributed by atoms with Gasteiger partial charge in [-0.1, -0.05) is 106 Å². The second kappa shape index (κ2) is 11.5. The quantitative estimate of drug-likeness (QED) is 0.236. The molecule has 38 heavy (non-hydrogen) atoms. The minimum Gasteiger partial charge on any atom is -0.399 e. The van der Waals surface area contributed by atoms with Crippen molar-refractivity contribution in [1.82, 2.24) is 0 Å². The van der Waals surface area contributed by atoms with Gasteiger partial charge in [0.05, 0.1) is 0 Å². The third-order valence-corrected chi connectivity index (χ3v) is 8.93. The highest BCUT2D eigenvalue weighted by atomic mass is 14.5. The van der Waals surface area contributed by atoms with Crippen LogP contribution in [0, 0.1) is 0 Å². The first-order chi connectivity index (χ1) is 18.5. The van der Waals surface area contributed by atoms with Crippen LogP contribution in [0.1, 0.15) is 104 Å². The van der Waals surface area contributed by atoms with E-state index in [1.807, 2.05) is 24.3 Å². The molecule has 196 valence electrons. The van der Waals surface area contributed by atoms with Crippen molar-refractivity contribution in [3.63, 3.8) is 0 Å². The number of hydrogen-bond acceptors (Lipinski definition) is 2. The van der Waals surface area contributed by atoms with Crippen molar-refractivity contribution in [3.05, 3.63) is 130 Å². The maximum atomic E-state index is 5.94. The standard InChI is InChI=1S/C36H42N2/c1-3-34(28-12-20-32(37)21-13-28)26-8-16-30(17-9-26)36(24-6-5-7-25-36)31-18-10-27(11-19-31)35(4-2)29-14-22-33(38)23-15-29/h8-23,34-35H,3-7,24-25,37-38H2,1-2H3. The highest BCUT2D eigenvalue weighted by molar-refractivity contribution is 5.47. The van der Waals surface area contributed by atoms with Crippen LogP contribution in [-0.2, 0) is 5.41 Å². The highest BCUT2D eigenvalue weighted by Gasteiger charge is 2.36. The molecule has 2 atom stereocenters. The molecule has 4 aromatic carbocycles. The molecular weight excluding hydrogens is 460 g/mol. The van der Waals surface area contributed by atoms with Crippen LogP contribution in [0.3, 0.4) is 0 Å². The molecule has 1 fully saturated rings. The van der Waals surface area contributed by atoms with Crippen LogP contribution < -0.4 is 11.5 Å². The average Bonchev–Trinajstić information content (AvgIpc) is 2.97. The van der Waals surface area contributed by atoms with E-state index in [2.05, 4.69) is 86.6 Å². The van der Waals surface area contributed by atoms with Crippen molar-refractivity contribution in [2.75, 3.05) is 11.5 Å². The van der Waals surface area contributed by atoms with Crippen LogP contribution in [0.25, 0.3) is 0 Å². The van der Waals surface area contributed by atoms with Gasteiger partial charge in [-0.2, -0.15) is 0 Å². The van der Waals surface area contributed by atoms with Gasteiger partial charge < -0.3 is 11.5 Å². The van der Waals surface area contributed by atoms with Gasteiger partial charge in [0.2, 0.25) is 0 Å². The molecule has 0 aromatic heterocycles. The van der Waals surface area contributed by atoms with E-state index < -0.39 is 0 Å². The number of rotatable bonds is 8. The SMILES string of the molecule is CCC(c1ccc(N)cc1)c1ccc(C2(c3ccc(C(CC)c4ccc(N)cc4)cc3)CCCCC2)cc1. The maximum absolute atomic E-state index is 5.94. The van der Waals surface area contributed by atoms with Crippen molar-refractivity contribution < 1.29 is 0 Å². The van der Waals surface area contributed by atoms with E-state index in [0.29, 0.717) is 11.8 Å². The molecule has 0 aliphatic heterocycles. The summed E-state index contributed by atoms with van der Waals surface area (Å²) in [6, 6.07) is 35.9. The van der Waals surface area contributed by atoms with E-state index in [9.17, 15) is 0 Å². The summed E-state index contributed by atoms with van der Waals surface area (Å²) in [4.78, 5) is 0. The Hall–Kier alpha value is -3.52. The van der Waals surface area contributed by atoms with Crippen LogP contribution in [0.4, 0.5) is 11.4 Å². The monoisotopic (exact) mass is 502 g/mol. The minimum atomic E-state index is 0.0983. The third-order valence-electron chi connectivity index (χ3n) is 8.93. The van der Waals surface area contributed by atoms with E-state index in [0.717, 1.165) is 24.2 Å². The predicted molar refractivity (Wildman–Crippen MR) is 163 cm³/mol. The Balaban J connectivity index is 1.45. The molecule has 2 unspecified atom stereocenters. The van der Waals surface area contributed by atoms with Crippen LogP contribution >= 0.6 is 0 Å². The molecule has 4 aromatic rings. The Kier molecular flexibility index (Phi) is 7.88. The van der Waals surface area contributed by atoms with Gasteiger partial charge >= 0.3 is 0 Å². The Bertz CT molecular complexity index is 1200. The number of nitrogen functional groups attached to an aromatic ring is 2. The van der Waals surface area contributed by atoms with Gasteiger partial charge in [0.1, 0.15) is 0 Å². The van der Waals surface area contributed by atoms with Gasteiger partial charge in [-0.05, 0) is 83.3 Å². The Morgan fingerprint density at radius 2 is 0.816 bits per heavy atom. The smallest absolute Gasteiger partial charge is 0.0314 e. The Morgan fingerprint density at radius 1 is 0.500 bits per heavy atom. The lowest BCUT2D eigenvalue weighted by molar-refractivity contribution is 0.346. The zero-order valence-corrected chi connectivity index (χ0v) is 23.0. The second-order valence-corrected chi connectivity index (χ2v) is 11.1. The molecule has 4 N–H and O–H groups in total. The molecule has 0 heterocycles. The van der Waals surface area contributed by atoms with E-state index in [4.69, 9.17) is 11.5 Å². The van der Waals surface area contributed by atoms with Crippen molar-refractivity contribution in [1.29, 1.82) is 0 Å². The van der Waals surface area contributed by atoms with Gasteiger partial charge in [0.15, 0.2) is 0 Å². The number of benzene rings is 4. The zero-order chi connectivity index (χ0) is 26.5. The van der Waals surface area contributed by atoms with Crippen LogP contribution in [-0.4, -0.2) is 0 Å². The summed E-state index contributed by atoms with van der Waals surface area (Å²) in [5.74, 6) is 0.788. The van der Waals surface area contributed by atoms with Crippen molar-refractivity contribution >= 4 is 11.4 Å². The number of hydrogen-bond donors (Lipinski definition) is 2. The first-order valence-corrected chi connectivity index (χ1v) is 14.5. The van der Waals surface area contributed by atoms with E-state index in [1.165, 1.54) is 65.5 Å². The Labute approximate surface area is 229 Å². The summed E-state index contributed by atoms with van der Waals surface area (Å²) in [5, 5.41) is 0. The predicted octanol–water partition coefficient (Wildman–Crippen LogP) is 9.19. The number of nitrogens with two attached hydrogens (primary N) is 2. The van der Waals surface area contributed by atoms with E-state index >= 15 is 0 Å². The molecule has 0 amide bonds. The average molecular weight is 503 g/mol. The number of anilines is 2. The molecular formula is C36H42N2. The summed E-state index contributed by atoms with van der Waals surface area (Å²) in [7, 11) is 0. The van der Waals surface area contributed by atoms with E-state index in [1.54, 1.807) is 0 Å². The summed E-state index contributed by atoms with van der Waals surface area (Å²) < 4.78 is 0. The summed E-state index contributed by atoms with van der Waals surface area (Å²) >= 11 is 0. The second-order valence-electron chi connectivity index (χ2n) is 11.1. The molecule has 1 aliphatic carbocycles. The highest BCUT2D eigenvalue weighted by Crippen LogP contribution is 2.46. The van der Waals surface area contributed by atoms with Crippen molar-refractivity contribution in [3.8, 4) is 0 Å². The third kappa shape index (κ3) is 5.23. The summed E-state index contributed by atoms with van der Waals surface area (Å²) in [6.07, 6.45) is 8.49. The molecule has 0 bridgehead atoms. The van der Waals surface area contributed by atoms with Crippen LogP contribution in [0.15, 0.2) is 97.1 Å². The molecule has 1 aliphatic rings. The van der Waals surface area contributed by atoms with Crippen molar-refractivity contribution in [2.24, 2.45) is 0 Å². The van der Waals surface area contributed by atoms with Gasteiger partial charge in [0, 0.05) is 28.6 Å². The lowest BCUT2D eigenvalue weighted by Crippen LogP contribution is -2.30. The van der Waals surface area contributed by atoms with Gasteiger partial charge in [0.25, 0.3) is 0 Å². The normalized spacial score (nSPS) is 16.6. The first-order valence-electron chi connectivity index (χ1n) is 14.5. The fraction of sp³-hybridized carbons (Fsp3) is 0.333. The van der Waals surface area contributed by atoms with E-state index in [-0.39, 0.29) is 5.41 Å². The topological polar surface area (TPSA) is 52.0 Å². The van der Waals surface area contributed by atoms with Gasteiger partial charge in [-0.15, -0.1) is 0 Å². The molecule has 0 radical (unpaired) electrons. The zero-order valence-electron chi connectivity index (χ0n) is 23.0. The molecule has 1 saturated carbocycles. The van der Waals surface area contributed by atoms with Crippen LogP contribution in [0.2, 0.25) is 0 Å². The summed E-state index contributed by atoms with van der Waals surface area (Å²) in [6.45, 7) is 4.54. The first kappa shape index (κ1) is 26.1. The van der Waals surface area contributed by atoms with Crippen molar-refractivity contribution in [2.45, 2.75) is 76.0 Å². The largest absolute Gasteiger partial charge is 0.399 e. The molecule has 5 rings (SSSR count). The Morgan fingerprint density at radius 3 is 1.13 bits per heavy atom. The van der Waals surface area contributed by atoms with Gasteiger partial charge in [-0.3, -0.25) is 0 Å². The molecule has 0 saturated heterocycles. The van der Waals surface area contributed by atoms with Gasteiger partial charge in [-0.25, -0.2) is 0 Å². The van der Waals surface area contributed by atoms with Crippen LogP contribution in [0.5, 0.6) is 0 Å².